The molecule has 0 aromatic carbocycles. The molecule has 2 aromatic rings. The highest BCUT2D eigenvalue weighted by molar-refractivity contribution is 5.91. The highest BCUT2D eigenvalue weighted by Crippen LogP contribution is 2.28. The van der Waals surface area contributed by atoms with Crippen molar-refractivity contribution in [1.29, 1.82) is 0 Å². The zero-order chi connectivity index (χ0) is 11.7. The molecular weight excluding hydrogens is 212 g/mol. The predicted octanol–water partition coefficient (Wildman–Crippen LogP) is 0.666. The van der Waals surface area contributed by atoms with Crippen LogP contribution in [0, 0.1) is 0 Å². The lowest BCUT2D eigenvalue weighted by molar-refractivity contribution is 0.111. The van der Waals surface area contributed by atoms with Crippen LogP contribution >= 0.6 is 0 Å². The van der Waals surface area contributed by atoms with E-state index >= 15 is 0 Å². The minimum Gasteiger partial charge on any atom is -0.506 e. The smallest absolute Gasteiger partial charge is 0.168 e. The molecule has 0 aliphatic carbocycles. The van der Waals surface area contributed by atoms with Crippen LogP contribution in [0.5, 0.6) is 11.5 Å². The Morgan fingerprint density at radius 1 is 0.875 bits per heavy atom. The van der Waals surface area contributed by atoms with Gasteiger partial charge in [-0.1, -0.05) is 0 Å². The molecule has 2 heterocycles. The molecule has 6 heteroatoms. The molecule has 2 aromatic heterocycles. The van der Waals surface area contributed by atoms with Crippen LogP contribution in [-0.2, 0) is 0 Å². The third kappa shape index (κ3) is 1.46. The summed E-state index contributed by atoms with van der Waals surface area (Å²) in [6, 6.07) is 2.21. The highest BCUT2D eigenvalue weighted by atomic mass is 16.3. The Labute approximate surface area is 89.2 Å². The summed E-state index contributed by atoms with van der Waals surface area (Å²) >= 11 is 0. The fraction of sp³-hybridized carbons (Fsp3) is 0. The van der Waals surface area contributed by atoms with E-state index in [0.717, 1.165) is 12.1 Å². The van der Waals surface area contributed by atoms with Crippen LogP contribution in [0.3, 0.4) is 0 Å². The number of rotatable bonds is 2. The maximum absolute atomic E-state index is 10.5. The Morgan fingerprint density at radius 2 is 1.25 bits per heavy atom. The fourth-order valence-electron chi connectivity index (χ4n) is 1.32. The van der Waals surface area contributed by atoms with Crippen molar-refractivity contribution in [2.75, 3.05) is 0 Å². The van der Waals surface area contributed by atoms with Gasteiger partial charge in [-0.2, -0.15) is 0 Å². The zero-order valence-electron chi connectivity index (χ0n) is 7.91. The lowest BCUT2D eigenvalue weighted by atomic mass is 10.2. The predicted molar refractivity (Wildman–Crippen MR) is 53.6 cm³/mol. The second-order valence-electron chi connectivity index (χ2n) is 3.07. The van der Waals surface area contributed by atoms with Gasteiger partial charge in [0.15, 0.2) is 12.6 Å². The quantitative estimate of drug-likeness (QED) is 0.718. The minimum atomic E-state index is -0.314. The molecule has 0 unspecified atom stereocenters. The van der Waals surface area contributed by atoms with Crippen molar-refractivity contribution in [3.63, 3.8) is 0 Å². The van der Waals surface area contributed by atoms with E-state index in [1.807, 2.05) is 0 Å². The summed E-state index contributed by atoms with van der Waals surface area (Å²) < 4.78 is 0. The van der Waals surface area contributed by atoms with E-state index in [4.69, 9.17) is 0 Å². The molecule has 0 saturated heterocycles. The van der Waals surface area contributed by atoms with Crippen LogP contribution in [0.2, 0.25) is 0 Å². The highest BCUT2D eigenvalue weighted by Gasteiger charge is 2.11. The van der Waals surface area contributed by atoms with Gasteiger partial charge in [-0.25, -0.2) is 9.97 Å². The monoisotopic (exact) mass is 218 g/mol. The van der Waals surface area contributed by atoms with Crippen molar-refractivity contribution >= 4 is 23.6 Å². The molecule has 0 aliphatic heterocycles. The van der Waals surface area contributed by atoms with Crippen LogP contribution in [0.25, 0.3) is 11.0 Å². The molecule has 2 N–H and O–H groups in total. The van der Waals surface area contributed by atoms with E-state index in [9.17, 15) is 19.8 Å². The van der Waals surface area contributed by atoms with Crippen molar-refractivity contribution in [1.82, 2.24) is 9.97 Å². The maximum Gasteiger partial charge on any atom is 0.168 e. The number of aldehydes is 2. The Morgan fingerprint density at radius 3 is 1.56 bits per heavy atom. The van der Waals surface area contributed by atoms with Crippen molar-refractivity contribution in [2.45, 2.75) is 0 Å². The van der Waals surface area contributed by atoms with Crippen molar-refractivity contribution in [3.8, 4) is 11.5 Å². The van der Waals surface area contributed by atoms with E-state index in [1.165, 1.54) is 0 Å². The SMILES string of the molecule is O=Cc1cc(O)c2nc(C=O)cc(O)c2n1. The second-order valence-corrected chi connectivity index (χ2v) is 3.07. The van der Waals surface area contributed by atoms with Crippen LogP contribution in [0.4, 0.5) is 0 Å². The lowest BCUT2D eigenvalue weighted by Crippen LogP contribution is -1.94. The van der Waals surface area contributed by atoms with E-state index in [-0.39, 0.29) is 33.9 Å². The van der Waals surface area contributed by atoms with E-state index < -0.39 is 0 Å². The molecule has 16 heavy (non-hydrogen) atoms. The maximum atomic E-state index is 10.5. The zero-order valence-corrected chi connectivity index (χ0v) is 7.91. The Kier molecular flexibility index (Phi) is 2.24. The minimum absolute atomic E-state index is 0.0206. The summed E-state index contributed by atoms with van der Waals surface area (Å²) in [5.74, 6) is -0.628. The molecule has 0 aliphatic rings. The van der Waals surface area contributed by atoms with Crippen LogP contribution in [0.1, 0.15) is 21.0 Å². The first-order chi connectivity index (χ1) is 7.65. The number of aromatic hydroxyl groups is 2. The number of nitrogens with zero attached hydrogens (tertiary/aromatic N) is 2. The summed E-state index contributed by atoms with van der Waals surface area (Å²) in [6.45, 7) is 0. The summed E-state index contributed by atoms with van der Waals surface area (Å²) in [6.07, 6.45) is 0.873. The first-order valence-corrected chi connectivity index (χ1v) is 4.30. The molecule has 0 saturated carbocycles. The van der Waals surface area contributed by atoms with Gasteiger partial charge in [0, 0.05) is 12.1 Å². The van der Waals surface area contributed by atoms with Gasteiger partial charge in [0.2, 0.25) is 0 Å². The number of aromatic nitrogens is 2. The molecule has 2 rings (SSSR count). The molecule has 0 bridgehead atoms. The van der Waals surface area contributed by atoms with Gasteiger partial charge in [0.05, 0.1) is 0 Å². The first kappa shape index (κ1) is 10.0. The van der Waals surface area contributed by atoms with Gasteiger partial charge >= 0.3 is 0 Å². The summed E-state index contributed by atoms with van der Waals surface area (Å²) in [5, 5.41) is 19.1. The van der Waals surface area contributed by atoms with E-state index in [2.05, 4.69) is 9.97 Å². The number of carbonyl (C=O) groups is 2. The number of pyridine rings is 2. The van der Waals surface area contributed by atoms with Crippen molar-refractivity contribution in [3.05, 3.63) is 23.5 Å². The lowest BCUT2D eigenvalue weighted by Gasteiger charge is -2.03. The molecule has 6 nitrogen and oxygen atoms in total. The molecule has 80 valence electrons. The standard InChI is InChI=1S/C10H6N2O4/c13-3-5-1-7(15)9-10(11-5)8(16)2-6(4-14)12-9/h1-4H,(H,11,15)(H,12,16). The first-order valence-electron chi connectivity index (χ1n) is 4.30. The van der Waals surface area contributed by atoms with Crippen LogP contribution in [-0.4, -0.2) is 32.8 Å². The van der Waals surface area contributed by atoms with Crippen molar-refractivity contribution in [2.24, 2.45) is 0 Å². The number of hydrogen-bond donors (Lipinski definition) is 2. The Hall–Kier alpha value is -2.50. The largest absolute Gasteiger partial charge is 0.506 e. The molecule has 0 atom stereocenters. The van der Waals surface area contributed by atoms with Gasteiger partial charge in [-0.15, -0.1) is 0 Å². The van der Waals surface area contributed by atoms with Crippen LogP contribution < -0.4 is 0 Å². The second kappa shape index (κ2) is 3.58. The molecule has 0 radical (unpaired) electrons. The van der Waals surface area contributed by atoms with Crippen LogP contribution in [0.15, 0.2) is 12.1 Å². The topological polar surface area (TPSA) is 100 Å². The number of fused-ring (bicyclic) bond motifs is 1. The van der Waals surface area contributed by atoms with E-state index in [0.29, 0.717) is 12.6 Å². The van der Waals surface area contributed by atoms with Crippen molar-refractivity contribution < 1.29 is 19.8 Å². The number of hydrogen-bond acceptors (Lipinski definition) is 6. The molecule has 0 fully saturated rings. The molecular formula is C10H6N2O4. The third-order valence-corrected chi connectivity index (χ3v) is 2.00. The summed E-state index contributed by atoms with van der Waals surface area (Å²) in [7, 11) is 0. The number of carbonyl (C=O) groups excluding carboxylic acids is 2. The third-order valence-electron chi connectivity index (χ3n) is 2.00. The van der Waals surface area contributed by atoms with Gasteiger partial charge in [0.25, 0.3) is 0 Å². The van der Waals surface area contributed by atoms with Gasteiger partial charge in [0.1, 0.15) is 33.9 Å². The Balaban J connectivity index is 2.88. The molecule has 0 spiro atoms. The average molecular weight is 218 g/mol. The van der Waals surface area contributed by atoms with E-state index in [1.54, 1.807) is 0 Å². The Bertz CT molecular complexity index is 542. The normalized spacial score (nSPS) is 10.2. The summed E-state index contributed by atoms with van der Waals surface area (Å²) in [5.41, 5.74) is -0.0951. The fourth-order valence-corrected chi connectivity index (χ4v) is 1.32. The van der Waals surface area contributed by atoms with Gasteiger partial charge < -0.3 is 10.2 Å². The van der Waals surface area contributed by atoms with Gasteiger partial charge in [-0.3, -0.25) is 9.59 Å². The molecule has 0 amide bonds. The summed E-state index contributed by atoms with van der Waals surface area (Å²) in [4.78, 5) is 28.6. The van der Waals surface area contributed by atoms with Gasteiger partial charge in [-0.05, 0) is 0 Å². The average Bonchev–Trinajstić information content (AvgIpc) is 2.29.